The molecule has 5 rings (SSSR count). The molecule has 1 atom stereocenters. The van der Waals surface area contributed by atoms with E-state index in [2.05, 4.69) is 32.3 Å². The maximum Gasteiger partial charge on any atom is 0.226 e. The number of piperazine rings is 1. The summed E-state index contributed by atoms with van der Waals surface area (Å²) >= 11 is 0. The first-order chi connectivity index (χ1) is 14.7. The molecule has 30 heavy (non-hydrogen) atoms. The van der Waals surface area contributed by atoms with Crippen molar-refractivity contribution in [2.75, 3.05) is 37.6 Å². The Kier molecular flexibility index (Phi) is 5.14. The third kappa shape index (κ3) is 3.78. The molecule has 1 aromatic carbocycles. The molecular formula is C22H27N5O3. The van der Waals surface area contributed by atoms with E-state index in [0.717, 1.165) is 48.9 Å². The Bertz CT molecular complexity index is 953. The normalized spacial score (nSPS) is 22.5. The van der Waals surface area contributed by atoms with E-state index in [1.807, 2.05) is 11.0 Å². The highest BCUT2D eigenvalue weighted by Gasteiger charge is 2.31. The molecule has 0 radical (unpaired) electrons. The van der Waals surface area contributed by atoms with Gasteiger partial charge in [0, 0.05) is 50.7 Å². The second-order valence-corrected chi connectivity index (χ2v) is 8.40. The summed E-state index contributed by atoms with van der Waals surface area (Å²) in [7, 11) is 0. The van der Waals surface area contributed by atoms with E-state index >= 15 is 0 Å². The highest BCUT2D eigenvalue weighted by atomic mass is 16.5. The second kappa shape index (κ2) is 8.08. The number of fused-ring (bicyclic) bond motifs is 1. The zero-order valence-corrected chi connectivity index (χ0v) is 17.0. The number of aromatic nitrogens is 2. The number of carbonyl (C=O) groups excluding carboxylic acids is 2. The molecule has 0 spiro atoms. The van der Waals surface area contributed by atoms with Crippen LogP contribution in [0.15, 0.2) is 24.5 Å². The lowest BCUT2D eigenvalue weighted by atomic mass is 9.95. The molecule has 2 saturated heterocycles. The van der Waals surface area contributed by atoms with Crippen molar-refractivity contribution in [1.29, 1.82) is 0 Å². The van der Waals surface area contributed by atoms with Gasteiger partial charge in [0.05, 0.1) is 10.9 Å². The molecule has 2 aromatic rings. The van der Waals surface area contributed by atoms with Gasteiger partial charge in [0.15, 0.2) is 0 Å². The van der Waals surface area contributed by atoms with Gasteiger partial charge in [-0.2, -0.15) is 0 Å². The average Bonchev–Trinajstić information content (AvgIpc) is 2.75. The fourth-order valence-corrected chi connectivity index (χ4v) is 4.40. The third-order valence-corrected chi connectivity index (χ3v) is 6.47. The fourth-order valence-electron chi connectivity index (χ4n) is 4.40. The number of nitrogens with zero attached hydrogens (tertiary/aromatic N) is 4. The fraction of sp³-hybridized carbons (Fsp3) is 0.545. The van der Waals surface area contributed by atoms with Gasteiger partial charge in [-0.1, -0.05) is 0 Å². The van der Waals surface area contributed by atoms with Gasteiger partial charge in [-0.05, 0) is 43.9 Å². The Labute approximate surface area is 175 Å². The van der Waals surface area contributed by atoms with Crippen molar-refractivity contribution in [1.82, 2.24) is 20.2 Å². The predicted molar refractivity (Wildman–Crippen MR) is 112 cm³/mol. The Morgan fingerprint density at radius 1 is 1.10 bits per heavy atom. The SMILES string of the molecule is O=C1CC(C(=O)N2CCN(c3ccc4ncnc(OC5CCC5)c4c3)CC2)CCN1. The maximum atomic E-state index is 12.8. The lowest BCUT2D eigenvalue weighted by Crippen LogP contribution is -2.52. The highest BCUT2D eigenvalue weighted by molar-refractivity contribution is 5.88. The largest absolute Gasteiger partial charge is 0.474 e. The van der Waals surface area contributed by atoms with E-state index in [0.29, 0.717) is 31.9 Å². The summed E-state index contributed by atoms with van der Waals surface area (Å²) in [5, 5.41) is 3.74. The van der Waals surface area contributed by atoms with Crippen LogP contribution >= 0.6 is 0 Å². The molecule has 3 heterocycles. The zero-order valence-electron chi connectivity index (χ0n) is 17.0. The van der Waals surface area contributed by atoms with Gasteiger partial charge in [-0.3, -0.25) is 9.59 Å². The van der Waals surface area contributed by atoms with Crippen LogP contribution in [-0.2, 0) is 9.59 Å². The molecule has 1 saturated carbocycles. The van der Waals surface area contributed by atoms with E-state index in [1.165, 1.54) is 6.42 Å². The summed E-state index contributed by atoms with van der Waals surface area (Å²) in [4.78, 5) is 37.4. The van der Waals surface area contributed by atoms with Crippen molar-refractivity contribution in [3.8, 4) is 5.88 Å². The van der Waals surface area contributed by atoms with Gasteiger partial charge >= 0.3 is 0 Å². The highest BCUT2D eigenvalue weighted by Crippen LogP contribution is 2.31. The molecule has 3 aliphatic rings. The summed E-state index contributed by atoms with van der Waals surface area (Å²) in [6.07, 6.45) is 6.27. The number of rotatable bonds is 4. The van der Waals surface area contributed by atoms with E-state index in [1.54, 1.807) is 6.33 Å². The van der Waals surface area contributed by atoms with Crippen molar-refractivity contribution >= 4 is 28.4 Å². The van der Waals surface area contributed by atoms with E-state index in [4.69, 9.17) is 4.74 Å². The van der Waals surface area contributed by atoms with Crippen molar-refractivity contribution in [3.05, 3.63) is 24.5 Å². The Morgan fingerprint density at radius 2 is 1.93 bits per heavy atom. The third-order valence-electron chi connectivity index (χ3n) is 6.47. The zero-order chi connectivity index (χ0) is 20.5. The summed E-state index contributed by atoms with van der Waals surface area (Å²) in [6, 6.07) is 6.19. The number of carbonyl (C=O) groups is 2. The minimum absolute atomic E-state index is 0.0171. The molecule has 8 heteroatoms. The van der Waals surface area contributed by atoms with E-state index < -0.39 is 0 Å². The van der Waals surface area contributed by atoms with Crippen molar-refractivity contribution in [2.45, 2.75) is 38.2 Å². The molecule has 1 N–H and O–H groups in total. The van der Waals surface area contributed by atoms with Crippen LogP contribution in [0.1, 0.15) is 32.1 Å². The first-order valence-electron chi connectivity index (χ1n) is 10.9. The lowest BCUT2D eigenvalue weighted by Gasteiger charge is -2.38. The van der Waals surface area contributed by atoms with Crippen LogP contribution in [0.2, 0.25) is 0 Å². The topological polar surface area (TPSA) is 87.7 Å². The summed E-state index contributed by atoms with van der Waals surface area (Å²) in [5.74, 6) is 0.592. The number of ether oxygens (including phenoxy) is 1. The van der Waals surface area contributed by atoms with Gasteiger partial charge in [-0.15, -0.1) is 0 Å². The van der Waals surface area contributed by atoms with Gasteiger partial charge in [0.2, 0.25) is 17.7 Å². The van der Waals surface area contributed by atoms with Crippen LogP contribution in [0.3, 0.4) is 0 Å². The molecule has 0 bridgehead atoms. The molecule has 8 nitrogen and oxygen atoms in total. The molecule has 158 valence electrons. The number of nitrogens with one attached hydrogen (secondary N) is 1. The minimum Gasteiger partial charge on any atom is -0.474 e. The van der Waals surface area contributed by atoms with Crippen LogP contribution < -0.4 is 15.0 Å². The molecule has 1 aliphatic carbocycles. The molecule has 3 fully saturated rings. The van der Waals surface area contributed by atoms with Gasteiger partial charge in [0.25, 0.3) is 0 Å². The van der Waals surface area contributed by atoms with Crippen LogP contribution in [0, 0.1) is 5.92 Å². The average molecular weight is 409 g/mol. The monoisotopic (exact) mass is 409 g/mol. The maximum absolute atomic E-state index is 12.8. The van der Waals surface area contributed by atoms with Crippen LogP contribution in [0.5, 0.6) is 5.88 Å². The molecule has 2 amide bonds. The minimum atomic E-state index is -0.172. The summed E-state index contributed by atoms with van der Waals surface area (Å²) in [5.41, 5.74) is 1.98. The summed E-state index contributed by atoms with van der Waals surface area (Å²) < 4.78 is 6.08. The number of hydrogen-bond acceptors (Lipinski definition) is 6. The first kappa shape index (κ1) is 19.1. The molecule has 1 aromatic heterocycles. The Hall–Kier alpha value is -2.90. The van der Waals surface area contributed by atoms with Crippen LogP contribution in [0.4, 0.5) is 5.69 Å². The quantitative estimate of drug-likeness (QED) is 0.828. The van der Waals surface area contributed by atoms with Crippen molar-refractivity contribution in [2.24, 2.45) is 5.92 Å². The molecule has 2 aliphatic heterocycles. The molecular weight excluding hydrogens is 382 g/mol. The van der Waals surface area contributed by atoms with Crippen LogP contribution in [0.25, 0.3) is 10.9 Å². The summed E-state index contributed by atoms with van der Waals surface area (Å²) in [6.45, 7) is 3.47. The number of anilines is 1. The number of amides is 2. The smallest absolute Gasteiger partial charge is 0.226 e. The Balaban J connectivity index is 1.27. The predicted octanol–water partition coefficient (Wildman–Crippen LogP) is 1.74. The second-order valence-electron chi connectivity index (χ2n) is 8.40. The van der Waals surface area contributed by atoms with Gasteiger partial charge in [-0.25, -0.2) is 9.97 Å². The number of benzene rings is 1. The van der Waals surface area contributed by atoms with Crippen LogP contribution in [-0.4, -0.2) is 65.5 Å². The van der Waals surface area contributed by atoms with Crippen molar-refractivity contribution < 1.29 is 14.3 Å². The Morgan fingerprint density at radius 3 is 2.67 bits per heavy atom. The van der Waals surface area contributed by atoms with Gasteiger partial charge < -0.3 is 19.9 Å². The van der Waals surface area contributed by atoms with Crippen molar-refractivity contribution in [3.63, 3.8) is 0 Å². The van der Waals surface area contributed by atoms with Gasteiger partial charge in [0.1, 0.15) is 12.4 Å². The lowest BCUT2D eigenvalue weighted by molar-refractivity contribution is -0.140. The van der Waals surface area contributed by atoms with E-state index in [9.17, 15) is 9.59 Å². The number of piperidine rings is 1. The first-order valence-corrected chi connectivity index (χ1v) is 10.9. The van der Waals surface area contributed by atoms with E-state index in [-0.39, 0.29) is 23.8 Å². The standard InChI is InChI=1S/C22H27N5O3/c28-20-12-15(6-7-23-20)22(29)27-10-8-26(9-11-27)16-4-5-19-18(13-16)21(25-14-24-19)30-17-2-1-3-17/h4-5,13-15,17H,1-3,6-12H2,(H,23,28). The molecule has 1 unspecified atom stereocenters. The number of hydrogen-bond donors (Lipinski definition) is 1.